The molecule has 14 rings (SSSR count). The van der Waals surface area contributed by atoms with Gasteiger partial charge in [-0.15, -0.1) is 0 Å². The van der Waals surface area contributed by atoms with Crippen LogP contribution in [0.4, 0.5) is 0 Å². The molecule has 2 nitrogen and oxygen atoms in total. The molecule has 13 aromatic rings. The van der Waals surface area contributed by atoms with Crippen molar-refractivity contribution in [1.82, 2.24) is 0 Å². The van der Waals surface area contributed by atoms with Gasteiger partial charge in [0.05, 0.1) is 0 Å². The number of aryl methyl sites for hydroxylation is 1. The maximum atomic E-state index is 8.78. The van der Waals surface area contributed by atoms with E-state index in [4.69, 9.17) is 10.0 Å². The Kier molecular flexibility index (Phi) is 38.5. The Morgan fingerprint density at radius 3 is 0.701 bits per heavy atom. The maximum Gasteiger partial charge on any atom is 0.488 e. The molecule has 3 heteroatoms. The largest absolute Gasteiger partial charge is 0.488 e. The van der Waals surface area contributed by atoms with Crippen LogP contribution < -0.4 is 5.46 Å². The van der Waals surface area contributed by atoms with Gasteiger partial charge in [0.1, 0.15) is 0 Å². The van der Waals surface area contributed by atoms with Gasteiger partial charge >= 0.3 is 7.12 Å². The lowest BCUT2D eigenvalue weighted by atomic mass is 9.80. The van der Waals surface area contributed by atoms with Gasteiger partial charge in [-0.3, -0.25) is 0 Å². The van der Waals surface area contributed by atoms with E-state index in [1.807, 2.05) is 45.1 Å². The Morgan fingerprint density at radius 1 is 0.291 bits per heavy atom. The molecule has 1 aliphatic rings. The van der Waals surface area contributed by atoms with Crippen LogP contribution in [0.25, 0.3) is 62.8 Å². The molecule has 0 heterocycles. The predicted molar refractivity (Wildman–Crippen MR) is 516 cm³/mol. The van der Waals surface area contributed by atoms with Gasteiger partial charge in [0.2, 0.25) is 0 Å². The maximum absolute atomic E-state index is 8.78. The summed E-state index contributed by atoms with van der Waals surface area (Å²) in [4.78, 5) is 0. The average Bonchev–Trinajstić information content (AvgIpc) is 1.77. The molecule has 13 aromatic carbocycles. The van der Waals surface area contributed by atoms with Gasteiger partial charge in [0.25, 0.3) is 0 Å². The van der Waals surface area contributed by atoms with Crippen molar-refractivity contribution in [2.24, 2.45) is 5.92 Å². The molecule has 2 unspecified atom stereocenters. The monoisotopic (exact) mass is 1530 g/mol. The van der Waals surface area contributed by atoms with Crippen LogP contribution in [0.1, 0.15) is 229 Å². The zero-order chi connectivity index (χ0) is 82.1. The minimum absolute atomic E-state index is 0. The first-order chi connectivity index (χ1) is 56.9. The molecule has 0 aliphatic heterocycles. The van der Waals surface area contributed by atoms with Crippen molar-refractivity contribution < 1.29 is 10.0 Å². The van der Waals surface area contributed by atoms with Crippen LogP contribution in [0.15, 0.2) is 382 Å². The van der Waals surface area contributed by atoms with Crippen LogP contribution in [0, 0.1) is 5.92 Å². The summed E-state index contributed by atoms with van der Waals surface area (Å²) in [6.07, 6.45) is 21.2. The Balaban J connectivity index is 0.000000183. The van der Waals surface area contributed by atoms with Crippen molar-refractivity contribution in [3.05, 3.63) is 477 Å². The molecule has 117 heavy (non-hydrogen) atoms. The molecule has 0 amide bonds. The van der Waals surface area contributed by atoms with Gasteiger partial charge in [-0.1, -0.05) is 476 Å². The van der Waals surface area contributed by atoms with E-state index in [2.05, 4.69) is 419 Å². The van der Waals surface area contributed by atoms with E-state index in [0.29, 0.717) is 5.46 Å². The highest BCUT2D eigenvalue weighted by Gasteiger charge is 2.34. The minimum Gasteiger partial charge on any atom is -0.423 e. The average molecular weight is 1540 g/mol. The third-order valence-corrected chi connectivity index (χ3v) is 20.6. The van der Waals surface area contributed by atoms with Crippen molar-refractivity contribution in [2.45, 2.75) is 141 Å². The van der Waals surface area contributed by atoms with Gasteiger partial charge in [0, 0.05) is 0 Å². The number of allylic oxidation sites excluding steroid dienone is 7. The highest BCUT2D eigenvalue weighted by atomic mass is 16.4. The molecule has 1 fully saturated rings. The fourth-order valence-corrected chi connectivity index (χ4v) is 14.8. The first-order valence-electron chi connectivity index (χ1n) is 42.0. The van der Waals surface area contributed by atoms with E-state index in [1.165, 1.54) is 153 Å². The summed E-state index contributed by atoms with van der Waals surface area (Å²) in [6.45, 7) is 23.8. The summed E-state index contributed by atoms with van der Waals surface area (Å²) in [5.41, 5.74) is 33.3. The molecule has 0 bridgehead atoms. The van der Waals surface area contributed by atoms with Crippen molar-refractivity contribution in [3.63, 3.8) is 0 Å². The van der Waals surface area contributed by atoms with Gasteiger partial charge < -0.3 is 10.0 Å². The first-order valence-corrected chi connectivity index (χ1v) is 42.0. The Morgan fingerprint density at radius 2 is 0.496 bits per heavy atom. The Labute approximate surface area is 704 Å². The number of hydrogen-bond acceptors (Lipinski definition) is 2. The summed E-state index contributed by atoms with van der Waals surface area (Å²) in [5.74, 6) is 1.62. The minimum atomic E-state index is -1.37. The van der Waals surface area contributed by atoms with E-state index >= 15 is 0 Å². The fraction of sp³-hybridized carbons (Fsp3) is 0.193. The van der Waals surface area contributed by atoms with Gasteiger partial charge in [-0.2, -0.15) is 0 Å². The molecule has 0 saturated heterocycles. The van der Waals surface area contributed by atoms with E-state index in [0.717, 1.165) is 49.5 Å². The van der Waals surface area contributed by atoms with Gasteiger partial charge in [-0.25, -0.2) is 0 Å². The Hall–Kier alpha value is -12.0. The summed E-state index contributed by atoms with van der Waals surface area (Å²) >= 11 is 0. The molecule has 0 aromatic heterocycles. The third kappa shape index (κ3) is 27.1. The third-order valence-electron chi connectivity index (χ3n) is 20.6. The molecule has 1 aliphatic carbocycles. The zero-order valence-corrected chi connectivity index (χ0v) is 70.4. The highest BCUT2D eigenvalue weighted by molar-refractivity contribution is 6.58. The lowest BCUT2D eigenvalue weighted by Crippen LogP contribution is -2.29. The molecule has 1 saturated carbocycles. The summed E-state index contributed by atoms with van der Waals surface area (Å²) in [6, 6.07) is 129. The van der Waals surface area contributed by atoms with Crippen LogP contribution in [0.5, 0.6) is 0 Å². The van der Waals surface area contributed by atoms with Gasteiger partial charge in [0.15, 0.2) is 0 Å². The molecule has 594 valence electrons. The number of benzene rings is 13. The number of rotatable bonds is 23. The smallest absolute Gasteiger partial charge is 0.423 e. The first kappa shape index (κ1) is 90.6. The van der Waals surface area contributed by atoms with Crippen LogP contribution in [0.2, 0.25) is 0 Å². The fourth-order valence-electron chi connectivity index (χ4n) is 14.8. The van der Waals surface area contributed by atoms with Crippen LogP contribution in [-0.4, -0.2) is 17.2 Å². The zero-order valence-electron chi connectivity index (χ0n) is 70.4. The van der Waals surface area contributed by atoms with E-state index in [-0.39, 0.29) is 7.43 Å². The standard InChI is InChI=1S/C26H26.C25H26.2C25H24.C9H11BO2.C3H8.CH4/c1-3-24(20-10-6-4-7-11-20)26(22-12-8-5-9-13-22)23-16-14-21(15-17-23)25-18-19(25)2;3*1-3-11-20-16-18-23(19-17-20)25(22-14-9-6-10-15-22)24(4-2)21-12-7-5-8-13-21;1-2-3-8-4-6-9(7-5-8)10(11)12;1-3-2;/h4-17,19,25H,3,18H2,1-2H3;5-10,12-19H,3-4,11H2,1-2H3;2*3,5-19H,4H2,1-2H3;2-7,11-12H,1H3;3H2,1-2H3;1H4/b26-24-;25-24-;2*11-3+,25-24-;3-2+;;. The quantitative estimate of drug-likeness (QED) is 0.0495. The van der Waals surface area contributed by atoms with Crippen molar-refractivity contribution in [1.29, 1.82) is 0 Å². The molecule has 2 N–H and O–H groups in total. The summed E-state index contributed by atoms with van der Waals surface area (Å²) in [5, 5.41) is 17.6. The van der Waals surface area contributed by atoms with Crippen molar-refractivity contribution >= 4 is 75.4 Å². The van der Waals surface area contributed by atoms with E-state index in [1.54, 1.807) is 12.1 Å². The van der Waals surface area contributed by atoms with E-state index < -0.39 is 7.12 Å². The Bertz CT molecular complexity index is 5040. The predicted octanol–water partition coefficient (Wildman–Crippen LogP) is 30.8. The summed E-state index contributed by atoms with van der Waals surface area (Å²) < 4.78 is 0. The lowest BCUT2D eigenvalue weighted by Gasteiger charge is -2.16. The molecule has 2 atom stereocenters. The van der Waals surface area contributed by atoms with Crippen molar-refractivity contribution in [2.75, 3.05) is 0 Å². The van der Waals surface area contributed by atoms with Crippen LogP contribution in [-0.2, 0) is 6.42 Å². The van der Waals surface area contributed by atoms with Crippen molar-refractivity contribution in [3.8, 4) is 0 Å². The molecular formula is C114H123BO2. The van der Waals surface area contributed by atoms with Crippen LogP contribution in [0.3, 0.4) is 0 Å². The van der Waals surface area contributed by atoms with Gasteiger partial charge in [-0.05, 0) is 216 Å². The van der Waals surface area contributed by atoms with E-state index in [9.17, 15) is 0 Å². The van der Waals surface area contributed by atoms with Crippen LogP contribution >= 0.6 is 0 Å². The molecule has 0 radical (unpaired) electrons. The molecular weight excluding hydrogens is 1410 g/mol. The normalized spacial score (nSPS) is 13.4. The lowest BCUT2D eigenvalue weighted by molar-refractivity contribution is 0.426. The summed E-state index contributed by atoms with van der Waals surface area (Å²) in [7, 11) is -1.37. The molecule has 0 spiro atoms. The second kappa shape index (κ2) is 49.7. The highest BCUT2D eigenvalue weighted by Crippen LogP contribution is 2.47. The topological polar surface area (TPSA) is 40.5 Å². The SMILES string of the molecule is C.C/C=C/c1ccc(/C(=C(/CC)c2ccccc2)c2ccccc2)cc1.C/C=C/c1ccc(/C(=C(/CC)c2ccccc2)c2ccccc2)cc1.C/C=C/c1ccc(B(O)O)cc1.CC/C(=C(\c1ccccc1)c1ccc(C2CC2C)cc1)c1ccccc1.CCC.CCCc1ccc(/C(=C(/CC)c2ccccc2)c2ccccc2)cc1. The number of hydrogen-bond donors (Lipinski definition) is 2. The second-order valence-electron chi connectivity index (χ2n) is 29.1. The second-order valence-corrected chi connectivity index (χ2v) is 29.1.